The van der Waals surface area contributed by atoms with Crippen molar-refractivity contribution in [3.63, 3.8) is 0 Å². The van der Waals surface area contributed by atoms with Gasteiger partial charge in [-0.3, -0.25) is 4.90 Å². The molecule has 1 atom stereocenters. The van der Waals surface area contributed by atoms with Gasteiger partial charge in [0, 0.05) is 19.2 Å². The number of piperidine rings is 1. The average Bonchev–Trinajstić information content (AvgIpc) is 2.91. The molecule has 0 aromatic rings. The standard InChI is InChI=1S/C12H22N2O.2ClH/c1-5-13-9-11(1)14-6-2-12(3-7-14)4-8-15-10-12;;/h11,13H,1-10H2;2*1H/t11-;;/m1../s1. The zero-order valence-corrected chi connectivity index (χ0v) is 12.0. The van der Waals surface area contributed by atoms with Gasteiger partial charge in [-0.15, -0.1) is 24.8 Å². The molecule has 5 heteroatoms. The van der Waals surface area contributed by atoms with Crippen LogP contribution in [0.25, 0.3) is 0 Å². The molecule has 3 rings (SSSR count). The molecule has 1 N–H and O–H groups in total. The van der Waals surface area contributed by atoms with E-state index in [1.54, 1.807) is 0 Å². The molecule has 0 radical (unpaired) electrons. The van der Waals surface area contributed by atoms with Crippen molar-refractivity contribution in [3.05, 3.63) is 0 Å². The minimum Gasteiger partial charge on any atom is -0.381 e. The smallest absolute Gasteiger partial charge is 0.0524 e. The summed E-state index contributed by atoms with van der Waals surface area (Å²) in [5.41, 5.74) is 0.572. The zero-order chi connectivity index (χ0) is 10.1. The maximum absolute atomic E-state index is 5.57. The van der Waals surface area contributed by atoms with E-state index in [9.17, 15) is 0 Å². The van der Waals surface area contributed by atoms with Crippen molar-refractivity contribution in [2.75, 3.05) is 39.4 Å². The minimum absolute atomic E-state index is 0. The fourth-order valence-electron chi connectivity index (χ4n) is 3.36. The Morgan fingerprint density at radius 1 is 1.12 bits per heavy atom. The van der Waals surface area contributed by atoms with Crippen LogP contribution >= 0.6 is 24.8 Å². The summed E-state index contributed by atoms with van der Waals surface area (Å²) in [4.78, 5) is 2.70. The Morgan fingerprint density at radius 2 is 1.88 bits per heavy atom. The first-order chi connectivity index (χ1) is 7.38. The molecule has 3 aliphatic heterocycles. The quantitative estimate of drug-likeness (QED) is 0.792. The SMILES string of the molecule is C1C[C@@H](N2CCC3(CCOC3)CC2)CN1.Cl.Cl. The summed E-state index contributed by atoms with van der Waals surface area (Å²) < 4.78 is 5.57. The molecule has 0 bridgehead atoms. The maximum Gasteiger partial charge on any atom is 0.0524 e. The Hall–Kier alpha value is 0.460. The van der Waals surface area contributed by atoms with Crippen LogP contribution in [0.2, 0.25) is 0 Å². The van der Waals surface area contributed by atoms with Crippen molar-refractivity contribution in [2.24, 2.45) is 5.41 Å². The van der Waals surface area contributed by atoms with Gasteiger partial charge >= 0.3 is 0 Å². The van der Waals surface area contributed by atoms with Crippen LogP contribution in [0.4, 0.5) is 0 Å². The molecule has 0 aromatic carbocycles. The molecule has 0 aromatic heterocycles. The fraction of sp³-hybridized carbons (Fsp3) is 1.00. The molecule has 0 unspecified atom stereocenters. The number of halogens is 2. The normalized spacial score (nSPS) is 32.1. The molecule has 102 valence electrons. The first-order valence-corrected chi connectivity index (χ1v) is 6.41. The van der Waals surface area contributed by atoms with E-state index in [1.165, 1.54) is 51.9 Å². The van der Waals surface area contributed by atoms with Crippen LogP contribution in [0.1, 0.15) is 25.7 Å². The Morgan fingerprint density at radius 3 is 2.41 bits per heavy atom. The molecule has 3 saturated heterocycles. The molecule has 0 aliphatic carbocycles. The van der Waals surface area contributed by atoms with Gasteiger partial charge in [-0.25, -0.2) is 0 Å². The summed E-state index contributed by atoms with van der Waals surface area (Å²) in [5.74, 6) is 0. The lowest BCUT2D eigenvalue weighted by Crippen LogP contribution is -2.46. The second kappa shape index (κ2) is 6.58. The molecule has 0 saturated carbocycles. The van der Waals surface area contributed by atoms with Crippen molar-refractivity contribution < 1.29 is 4.74 Å². The monoisotopic (exact) mass is 282 g/mol. The van der Waals surface area contributed by atoms with Crippen LogP contribution < -0.4 is 5.32 Å². The van der Waals surface area contributed by atoms with E-state index in [1.807, 2.05) is 0 Å². The number of likely N-dealkylation sites (tertiary alicyclic amines) is 1. The molecule has 3 aliphatic rings. The van der Waals surface area contributed by atoms with Crippen molar-refractivity contribution in [1.29, 1.82) is 0 Å². The number of nitrogens with zero attached hydrogens (tertiary/aromatic N) is 1. The number of ether oxygens (including phenoxy) is 1. The molecular weight excluding hydrogens is 259 g/mol. The highest BCUT2D eigenvalue weighted by Crippen LogP contribution is 2.39. The lowest BCUT2D eigenvalue weighted by molar-refractivity contribution is 0.0628. The summed E-state index contributed by atoms with van der Waals surface area (Å²) in [5, 5.41) is 3.46. The van der Waals surface area contributed by atoms with E-state index in [2.05, 4.69) is 10.2 Å². The van der Waals surface area contributed by atoms with E-state index in [0.29, 0.717) is 5.41 Å². The van der Waals surface area contributed by atoms with E-state index in [4.69, 9.17) is 4.74 Å². The van der Waals surface area contributed by atoms with E-state index < -0.39 is 0 Å². The molecule has 3 heterocycles. The van der Waals surface area contributed by atoms with Gasteiger partial charge in [0.2, 0.25) is 0 Å². The highest BCUT2D eigenvalue weighted by Gasteiger charge is 2.39. The first kappa shape index (κ1) is 15.5. The van der Waals surface area contributed by atoms with Crippen LogP contribution in [0.5, 0.6) is 0 Å². The maximum atomic E-state index is 5.57. The summed E-state index contributed by atoms with van der Waals surface area (Å²) in [6.45, 7) is 7.07. The van der Waals surface area contributed by atoms with Crippen molar-refractivity contribution >= 4 is 24.8 Å². The molecular formula is C12H24Cl2N2O. The van der Waals surface area contributed by atoms with Gasteiger partial charge < -0.3 is 10.1 Å². The Labute approximate surface area is 116 Å². The molecule has 3 nitrogen and oxygen atoms in total. The molecule has 0 amide bonds. The van der Waals surface area contributed by atoms with Gasteiger partial charge in [-0.2, -0.15) is 0 Å². The van der Waals surface area contributed by atoms with Gasteiger partial charge in [0.15, 0.2) is 0 Å². The average molecular weight is 283 g/mol. The van der Waals surface area contributed by atoms with Crippen LogP contribution in [0.3, 0.4) is 0 Å². The highest BCUT2D eigenvalue weighted by atomic mass is 35.5. The van der Waals surface area contributed by atoms with Gasteiger partial charge in [0.1, 0.15) is 0 Å². The Kier molecular flexibility index (Phi) is 6.00. The topological polar surface area (TPSA) is 24.5 Å². The fourth-order valence-corrected chi connectivity index (χ4v) is 3.36. The van der Waals surface area contributed by atoms with Crippen molar-refractivity contribution in [1.82, 2.24) is 10.2 Å². The second-order valence-corrected chi connectivity index (χ2v) is 5.49. The van der Waals surface area contributed by atoms with Gasteiger partial charge in [0.25, 0.3) is 0 Å². The molecule has 3 fully saturated rings. The predicted octanol–water partition coefficient (Wildman–Crippen LogP) is 1.69. The third kappa shape index (κ3) is 3.27. The van der Waals surface area contributed by atoms with Crippen LogP contribution in [-0.4, -0.2) is 50.3 Å². The lowest BCUT2D eigenvalue weighted by atomic mass is 9.77. The Balaban J connectivity index is 0.000000722. The van der Waals surface area contributed by atoms with E-state index in [-0.39, 0.29) is 24.8 Å². The zero-order valence-electron chi connectivity index (χ0n) is 10.3. The van der Waals surface area contributed by atoms with Crippen LogP contribution in [-0.2, 0) is 4.74 Å². The number of rotatable bonds is 1. The van der Waals surface area contributed by atoms with E-state index in [0.717, 1.165) is 19.3 Å². The summed E-state index contributed by atoms with van der Waals surface area (Å²) >= 11 is 0. The van der Waals surface area contributed by atoms with Crippen LogP contribution in [0, 0.1) is 5.41 Å². The summed E-state index contributed by atoms with van der Waals surface area (Å²) in [7, 11) is 0. The largest absolute Gasteiger partial charge is 0.381 e. The van der Waals surface area contributed by atoms with Gasteiger partial charge in [0.05, 0.1) is 6.61 Å². The summed E-state index contributed by atoms with van der Waals surface area (Å²) in [6, 6.07) is 0.824. The Bertz CT molecular complexity index is 219. The number of nitrogens with one attached hydrogen (secondary N) is 1. The lowest BCUT2D eigenvalue weighted by Gasteiger charge is -2.40. The third-order valence-electron chi connectivity index (χ3n) is 4.59. The van der Waals surface area contributed by atoms with E-state index >= 15 is 0 Å². The summed E-state index contributed by atoms with van der Waals surface area (Å²) in [6.07, 6.45) is 5.39. The van der Waals surface area contributed by atoms with Gasteiger partial charge in [-0.05, 0) is 50.7 Å². The number of hydrogen-bond donors (Lipinski definition) is 1. The highest BCUT2D eigenvalue weighted by molar-refractivity contribution is 5.85. The molecule has 1 spiro atoms. The minimum atomic E-state index is 0. The van der Waals surface area contributed by atoms with Crippen LogP contribution in [0.15, 0.2) is 0 Å². The predicted molar refractivity (Wildman–Crippen MR) is 74.4 cm³/mol. The van der Waals surface area contributed by atoms with Crippen molar-refractivity contribution in [3.8, 4) is 0 Å². The second-order valence-electron chi connectivity index (χ2n) is 5.49. The van der Waals surface area contributed by atoms with Crippen molar-refractivity contribution in [2.45, 2.75) is 31.7 Å². The first-order valence-electron chi connectivity index (χ1n) is 6.41. The van der Waals surface area contributed by atoms with Gasteiger partial charge in [-0.1, -0.05) is 0 Å². The molecule has 17 heavy (non-hydrogen) atoms. The number of hydrogen-bond acceptors (Lipinski definition) is 3. The third-order valence-corrected chi connectivity index (χ3v) is 4.59.